The first-order valence-electron chi connectivity index (χ1n) is 6.35. The van der Waals surface area contributed by atoms with E-state index >= 15 is 0 Å². The highest BCUT2D eigenvalue weighted by Gasteiger charge is 2.34. The summed E-state index contributed by atoms with van der Waals surface area (Å²) in [6.45, 7) is 0. The summed E-state index contributed by atoms with van der Waals surface area (Å²) < 4.78 is 23.3. The Labute approximate surface area is 131 Å². The second-order valence-electron chi connectivity index (χ2n) is 5.10. The Balaban J connectivity index is 2.04. The molecule has 0 aliphatic carbocycles. The fourth-order valence-electron chi connectivity index (χ4n) is 2.69. The molecule has 1 aliphatic rings. The van der Waals surface area contributed by atoms with Crippen molar-refractivity contribution >= 4 is 48.3 Å². The van der Waals surface area contributed by atoms with Crippen molar-refractivity contribution in [3.05, 3.63) is 41.0 Å². The van der Waals surface area contributed by atoms with E-state index in [2.05, 4.69) is 20.9 Å². The Morgan fingerprint density at radius 3 is 2.85 bits per heavy atom. The second-order valence-corrected chi connectivity index (χ2v) is 8.72. The first-order valence-corrected chi connectivity index (χ1v) is 9.47. The summed E-state index contributed by atoms with van der Waals surface area (Å²) in [5.74, 6) is 0.602. The van der Waals surface area contributed by atoms with Crippen molar-refractivity contribution < 1.29 is 8.42 Å². The summed E-state index contributed by atoms with van der Waals surface area (Å²) in [5, 5.41) is 1.56. The number of aromatic nitrogens is 1. The Morgan fingerprint density at radius 2 is 2.15 bits per heavy atom. The lowest BCUT2D eigenvalue weighted by Gasteiger charge is -2.18. The Kier molecular flexibility index (Phi) is 3.77. The molecule has 1 saturated heterocycles. The molecule has 0 radical (unpaired) electrons. The van der Waals surface area contributed by atoms with Crippen LogP contribution in [0.1, 0.15) is 16.8 Å². The molecule has 0 N–H and O–H groups in total. The molecule has 2 atom stereocenters. The molecule has 3 nitrogen and oxygen atoms in total. The summed E-state index contributed by atoms with van der Waals surface area (Å²) >= 11 is 9.85. The first kappa shape index (κ1) is 14.3. The third-order valence-electron chi connectivity index (χ3n) is 3.73. The van der Waals surface area contributed by atoms with Crippen molar-refractivity contribution in [1.82, 2.24) is 4.98 Å². The topological polar surface area (TPSA) is 47.0 Å². The van der Waals surface area contributed by atoms with Crippen LogP contribution in [-0.2, 0) is 9.84 Å². The van der Waals surface area contributed by atoms with E-state index in [9.17, 15) is 8.42 Å². The van der Waals surface area contributed by atoms with E-state index in [0.29, 0.717) is 11.4 Å². The summed E-state index contributed by atoms with van der Waals surface area (Å²) in [6, 6.07) is 7.56. The molecule has 1 aliphatic heterocycles. The van der Waals surface area contributed by atoms with Gasteiger partial charge in [0, 0.05) is 21.4 Å². The van der Waals surface area contributed by atoms with Crippen LogP contribution < -0.4 is 0 Å². The number of hydrogen-bond acceptors (Lipinski definition) is 3. The number of benzene rings is 1. The van der Waals surface area contributed by atoms with Gasteiger partial charge in [-0.05, 0) is 36.1 Å². The van der Waals surface area contributed by atoms with Gasteiger partial charge >= 0.3 is 0 Å². The summed E-state index contributed by atoms with van der Waals surface area (Å²) in [6.07, 6.45) is 2.42. The van der Waals surface area contributed by atoms with E-state index in [-0.39, 0.29) is 22.3 Å². The molecule has 0 spiro atoms. The average Bonchev–Trinajstić information content (AvgIpc) is 2.79. The van der Waals surface area contributed by atoms with Gasteiger partial charge in [0.1, 0.15) is 0 Å². The predicted molar refractivity (Wildman–Crippen MR) is 85.2 cm³/mol. The van der Waals surface area contributed by atoms with Crippen LogP contribution in [0.3, 0.4) is 0 Å². The minimum absolute atomic E-state index is 0.0190. The number of pyridine rings is 1. The molecule has 1 aromatic carbocycles. The quantitative estimate of drug-likeness (QED) is 0.752. The van der Waals surface area contributed by atoms with E-state index in [1.54, 1.807) is 6.20 Å². The molecule has 0 amide bonds. The van der Waals surface area contributed by atoms with Gasteiger partial charge in [0.2, 0.25) is 0 Å². The third kappa shape index (κ3) is 2.59. The van der Waals surface area contributed by atoms with Crippen molar-refractivity contribution in [2.75, 3.05) is 11.5 Å². The van der Waals surface area contributed by atoms with Gasteiger partial charge in [-0.2, -0.15) is 0 Å². The van der Waals surface area contributed by atoms with Gasteiger partial charge < -0.3 is 0 Å². The normalized spacial score (nSPS) is 23.0. The lowest BCUT2D eigenvalue weighted by Crippen LogP contribution is -2.10. The van der Waals surface area contributed by atoms with Gasteiger partial charge in [-0.3, -0.25) is 4.98 Å². The lowest BCUT2D eigenvalue weighted by molar-refractivity contribution is 0.581. The molecule has 1 aromatic heterocycles. The highest BCUT2D eigenvalue weighted by atomic mass is 79.9. The Hall–Kier alpha value is -0.650. The SMILES string of the molecule is O=S1(=O)CCC(C(Br)c2ccc(Cl)c3cccnc23)C1. The molecule has 6 heteroatoms. The molecular weight excluding hydrogens is 362 g/mol. The van der Waals surface area contributed by atoms with Crippen LogP contribution >= 0.6 is 27.5 Å². The van der Waals surface area contributed by atoms with Gasteiger partial charge in [0.25, 0.3) is 0 Å². The van der Waals surface area contributed by atoms with Crippen LogP contribution in [0.4, 0.5) is 0 Å². The van der Waals surface area contributed by atoms with Crippen molar-refractivity contribution in [2.24, 2.45) is 5.92 Å². The summed E-state index contributed by atoms with van der Waals surface area (Å²) in [4.78, 5) is 4.39. The molecule has 0 bridgehead atoms. The van der Waals surface area contributed by atoms with Crippen LogP contribution in [0.5, 0.6) is 0 Å². The molecular formula is C14H13BrClNO2S. The maximum atomic E-state index is 11.6. The van der Waals surface area contributed by atoms with E-state index in [4.69, 9.17) is 11.6 Å². The van der Waals surface area contributed by atoms with Crippen LogP contribution in [0.2, 0.25) is 5.02 Å². The van der Waals surface area contributed by atoms with Crippen molar-refractivity contribution in [3.8, 4) is 0 Å². The summed E-state index contributed by atoms with van der Waals surface area (Å²) in [7, 11) is -2.89. The zero-order valence-corrected chi connectivity index (χ0v) is 13.7. The molecule has 1 fully saturated rings. The van der Waals surface area contributed by atoms with Gasteiger partial charge in [-0.15, -0.1) is 0 Å². The monoisotopic (exact) mass is 373 g/mol. The number of hydrogen-bond donors (Lipinski definition) is 0. The molecule has 2 aromatic rings. The van der Waals surface area contributed by atoms with Crippen LogP contribution in [-0.4, -0.2) is 24.9 Å². The van der Waals surface area contributed by atoms with Gasteiger partial charge in [0.05, 0.1) is 17.0 Å². The highest BCUT2D eigenvalue weighted by Crippen LogP contribution is 2.41. The fourth-order valence-corrected chi connectivity index (χ4v) is 5.81. The van der Waals surface area contributed by atoms with Crippen molar-refractivity contribution in [2.45, 2.75) is 11.2 Å². The maximum absolute atomic E-state index is 11.6. The molecule has 106 valence electrons. The maximum Gasteiger partial charge on any atom is 0.150 e. The third-order valence-corrected chi connectivity index (χ3v) is 7.09. The molecule has 20 heavy (non-hydrogen) atoms. The van der Waals surface area contributed by atoms with Crippen molar-refractivity contribution in [3.63, 3.8) is 0 Å². The van der Waals surface area contributed by atoms with E-state index in [1.807, 2.05) is 24.3 Å². The zero-order chi connectivity index (χ0) is 14.3. The molecule has 2 heterocycles. The standard InChI is InChI=1S/C14H13BrClNO2S/c15-13(9-5-7-20(18,19)8-9)11-3-4-12(16)10-2-1-6-17-14(10)11/h1-4,6,9,13H,5,7-8H2. The highest BCUT2D eigenvalue weighted by molar-refractivity contribution is 9.09. The van der Waals surface area contributed by atoms with Crippen molar-refractivity contribution in [1.29, 1.82) is 0 Å². The fraction of sp³-hybridized carbons (Fsp3) is 0.357. The Morgan fingerprint density at radius 1 is 1.35 bits per heavy atom. The van der Waals surface area contributed by atoms with E-state index in [0.717, 1.165) is 16.5 Å². The average molecular weight is 375 g/mol. The summed E-state index contributed by atoms with van der Waals surface area (Å²) in [5.41, 5.74) is 1.85. The van der Waals surface area contributed by atoms with Crippen LogP contribution in [0, 0.1) is 5.92 Å². The van der Waals surface area contributed by atoms with Gasteiger partial charge in [-0.25, -0.2) is 8.42 Å². The number of rotatable bonds is 2. The van der Waals surface area contributed by atoms with E-state index in [1.165, 1.54) is 0 Å². The predicted octanol–water partition coefficient (Wildman–Crippen LogP) is 3.76. The number of fused-ring (bicyclic) bond motifs is 1. The number of alkyl halides is 1. The number of halogens is 2. The van der Waals surface area contributed by atoms with Gasteiger partial charge in [-0.1, -0.05) is 33.6 Å². The number of sulfone groups is 1. The largest absolute Gasteiger partial charge is 0.256 e. The lowest BCUT2D eigenvalue weighted by atomic mass is 9.96. The Bertz CT molecular complexity index is 763. The number of nitrogens with zero attached hydrogens (tertiary/aromatic N) is 1. The van der Waals surface area contributed by atoms with Crippen LogP contribution in [0.25, 0.3) is 10.9 Å². The van der Waals surface area contributed by atoms with Gasteiger partial charge in [0.15, 0.2) is 9.84 Å². The molecule has 0 saturated carbocycles. The smallest absolute Gasteiger partial charge is 0.150 e. The first-order chi connectivity index (χ1) is 9.48. The molecule has 3 rings (SSSR count). The minimum Gasteiger partial charge on any atom is -0.256 e. The molecule has 2 unspecified atom stereocenters. The van der Waals surface area contributed by atoms with Crippen LogP contribution in [0.15, 0.2) is 30.5 Å². The minimum atomic E-state index is -2.89. The second kappa shape index (κ2) is 5.28. The van der Waals surface area contributed by atoms with E-state index < -0.39 is 9.84 Å². The zero-order valence-electron chi connectivity index (χ0n) is 10.6.